The van der Waals surface area contributed by atoms with E-state index in [0.717, 1.165) is 92.7 Å². The number of piperazine rings is 1. The maximum absolute atomic E-state index is 14.2. The van der Waals surface area contributed by atoms with E-state index < -0.39 is 56.6 Å². The van der Waals surface area contributed by atoms with Gasteiger partial charge in [0.05, 0.1) is 34.5 Å². The van der Waals surface area contributed by atoms with Gasteiger partial charge in [-0.1, -0.05) is 0 Å². The van der Waals surface area contributed by atoms with Gasteiger partial charge in [0.1, 0.15) is 23.4 Å². The maximum atomic E-state index is 14.2. The number of hydrogen-bond donors (Lipinski definition) is 4. The van der Waals surface area contributed by atoms with Gasteiger partial charge in [-0.15, -0.1) is 11.3 Å². The van der Waals surface area contributed by atoms with Gasteiger partial charge in [0.2, 0.25) is 11.8 Å². The third-order valence-electron chi connectivity index (χ3n) is 15.1. The number of anilines is 5. The van der Waals surface area contributed by atoms with Crippen molar-refractivity contribution in [1.29, 1.82) is 0 Å². The summed E-state index contributed by atoms with van der Waals surface area (Å²) in [6, 6.07) is 11.2. The molecule has 380 valence electrons. The van der Waals surface area contributed by atoms with Crippen LogP contribution in [-0.2, 0) is 51.5 Å². The van der Waals surface area contributed by atoms with E-state index in [9.17, 15) is 43.1 Å². The second-order valence-corrected chi connectivity index (χ2v) is 21.8. The summed E-state index contributed by atoms with van der Waals surface area (Å²) in [5.41, 5.74) is 3.98. The van der Waals surface area contributed by atoms with Crippen molar-refractivity contribution in [2.75, 3.05) is 59.3 Å². The van der Waals surface area contributed by atoms with Gasteiger partial charge in [-0.25, -0.2) is 14.5 Å². The van der Waals surface area contributed by atoms with Crippen LogP contribution in [0.25, 0.3) is 11.1 Å². The van der Waals surface area contributed by atoms with Crippen LogP contribution in [-0.4, -0.2) is 121 Å². The highest BCUT2D eigenvalue weighted by Gasteiger charge is 2.45. The molecule has 9 heterocycles. The van der Waals surface area contributed by atoms with Crippen LogP contribution in [0, 0.1) is 0 Å². The van der Waals surface area contributed by atoms with Gasteiger partial charge in [0.15, 0.2) is 0 Å². The number of hydrogen-bond acceptors (Lipinski definition) is 15. The van der Waals surface area contributed by atoms with Gasteiger partial charge < -0.3 is 29.5 Å². The summed E-state index contributed by atoms with van der Waals surface area (Å²) < 4.78 is 42.6. The van der Waals surface area contributed by atoms with Crippen molar-refractivity contribution in [2.45, 2.75) is 89.4 Å². The lowest BCUT2D eigenvalue weighted by molar-refractivity contribution is -0.136. The second kappa shape index (κ2) is 19.3. The number of imide groups is 2. The molecule has 1 aliphatic carbocycles. The average molecular weight is 1030 g/mol. The molecule has 5 amide bonds. The number of nitrogens with one attached hydrogen (secondary N) is 2. The van der Waals surface area contributed by atoms with Crippen LogP contribution in [0.1, 0.15) is 102 Å². The smallest absolute Gasteiger partial charge is 0.371 e. The summed E-state index contributed by atoms with van der Waals surface area (Å²) in [5, 5.41) is 5.25. The van der Waals surface area contributed by atoms with Gasteiger partial charge in [0, 0.05) is 103 Å². The lowest BCUT2D eigenvalue weighted by Crippen LogP contribution is -2.57. The summed E-state index contributed by atoms with van der Waals surface area (Å²) >= 11 is 1.47. The summed E-state index contributed by atoms with van der Waals surface area (Å²) in [6.07, 6.45) is 10.7. The Labute approximate surface area is 428 Å². The number of phosphoric ester groups is 1. The molecule has 0 radical (unpaired) electrons. The van der Waals surface area contributed by atoms with Crippen LogP contribution in [0.15, 0.2) is 65.8 Å². The Kier molecular flexibility index (Phi) is 11.9. The lowest BCUT2D eigenvalue weighted by Gasteiger charge is -2.46. The Morgan fingerprint density at radius 1 is 0.849 bits per heavy atom. The minimum atomic E-state index is -5.06. The Bertz CT molecular complexity index is 3320. The molecule has 0 bridgehead atoms. The molecule has 1 aromatic carbocycles. The molecule has 0 spiro atoms. The lowest BCUT2D eigenvalue weighted by atomic mass is 9.92. The predicted octanol–water partition coefficient (Wildman–Crippen LogP) is 4.92. The van der Waals surface area contributed by atoms with Crippen molar-refractivity contribution in [3.8, 4) is 11.1 Å². The molecule has 4 aromatic heterocycles. The zero-order chi connectivity index (χ0) is 53.4. The first-order valence-electron chi connectivity index (χ1n) is 26.1. The predicted molar refractivity (Wildman–Crippen MR) is 272 cm³/mol. The molecular formula is C51H55N10O10PS. The van der Waals surface area contributed by atoms with E-state index in [2.05, 4.69) is 42.2 Å². The first kappa shape index (κ1) is 45.0. The van der Waals surface area contributed by atoms with Crippen LogP contribution in [0.5, 0.6) is 0 Å². The molecule has 2 atom stereocenters. The van der Waals surface area contributed by atoms with E-state index in [1.807, 2.05) is 12.1 Å². The van der Waals surface area contributed by atoms with Crippen molar-refractivity contribution in [2.24, 2.45) is 6.98 Å². The first-order valence-corrected chi connectivity index (χ1v) is 26.9. The number of carbonyl (C=O) groups is 5. The minimum absolute atomic E-state index is 0.0528. The van der Waals surface area contributed by atoms with Crippen LogP contribution < -0.4 is 30.9 Å². The standard InChI is InChI=1S/C51H55N10O10PS/c1-29-26-58(31-14-18-57(19-15-31)32-7-9-37-38(24-32)49(65)61(48(37)64)41-10-12-44(62)55-47(41)63)21-22-59(29)33-8-11-43(53-25-33)54-40-23-30(27-56(2)50(40)66)34-13-17-52-46(39(34)28-71-72(68,69)70)60-20-16-36-35-5-3-4-6-42(35)73-45(36)51(60)67/h7-9,11,13,17,23-25,27,29,31,41H,3-6,10,12,14-16,18-22,26,28H2,1-2H3,(H,53,54)(H,55,62,63)(H2,68,69,70)/t29-,41?/m0/s1/i2D3. The van der Waals surface area contributed by atoms with Crippen molar-refractivity contribution in [3.63, 3.8) is 0 Å². The molecule has 3 saturated heterocycles. The van der Waals surface area contributed by atoms with Crippen LogP contribution in [0.2, 0.25) is 0 Å². The summed E-state index contributed by atoms with van der Waals surface area (Å²) in [7, 11) is -5.06. The Balaban J connectivity index is 0.767. The fraction of sp³-hybridized carbons (Fsp3) is 0.412. The fourth-order valence-corrected chi connectivity index (χ4v) is 13.1. The Morgan fingerprint density at radius 3 is 2.40 bits per heavy atom. The number of benzene rings is 1. The monoisotopic (exact) mass is 1030 g/mol. The number of fused-ring (bicyclic) bond motifs is 4. The molecular weight excluding hydrogens is 976 g/mol. The largest absolute Gasteiger partial charge is 0.469 e. The highest BCUT2D eigenvalue weighted by Crippen LogP contribution is 2.43. The second-order valence-electron chi connectivity index (χ2n) is 19.4. The number of aromatic nitrogens is 3. The molecule has 5 aliphatic heterocycles. The van der Waals surface area contributed by atoms with Gasteiger partial charge in [-0.05, 0) is 117 Å². The van der Waals surface area contributed by atoms with Crippen LogP contribution >= 0.6 is 19.2 Å². The normalized spacial score (nSPS) is 21.6. The summed E-state index contributed by atoms with van der Waals surface area (Å²) in [5.74, 6) is -2.07. The number of thiophene rings is 1. The van der Waals surface area contributed by atoms with Crippen molar-refractivity contribution in [1.82, 2.24) is 29.7 Å². The highest BCUT2D eigenvalue weighted by molar-refractivity contribution is 7.46. The number of piperidine rings is 2. The summed E-state index contributed by atoms with van der Waals surface area (Å²) in [4.78, 5) is 119. The Hall–Kier alpha value is -6.61. The average Bonchev–Trinajstić information content (AvgIpc) is 3.91. The SMILES string of the molecule is [2H]C([2H])([2H])n1cc(-c2ccnc(N3CCc4c(sc5c4CCCC5)C3=O)c2COP(=O)(O)O)cc(Nc2ccc(N3CCN(C4CCN(c5ccc6c(c5)C(=O)N(C5CCC(=O)NC5=O)C6=O)CC4)C[C@@H]3C)cn2)c1=O. The van der Waals surface area contributed by atoms with Gasteiger partial charge >= 0.3 is 7.82 Å². The minimum Gasteiger partial charge on any atom is -0.371 e. The zero-order valence-corrected chi connectivity index (χ0v) is 41.6. The molecule has 5 aromatic rings. The van der Waals surface area contributed by atoms with E-state index in [0.29, 0.717) is 28.5 Å². The van der Waals surface area contributed by atoms with Crippen molar-refractivity contribution >= 4 is 77.4 Å². The maximum Gasteiger partial charge on any atom is 0.469 e. The van der Waals surface area contributed by atoms with E-state index in [1.54, 1.807) is 24.4 Å². The molecule has 20 nitrogen and oxygen atoms in total. The van der Waals surface area contributed by atoms with Crippen molar-refractivity contribution in [3.05, 3.63) is 109 Å². The topological polar surface area (TPSA) is 240 Å². The number of nitrogens with zero attached hydrogens (tertiary/aromatic N) is 8. The molecule has 73 heavy (non-hydrogen) atoms. The van der Waals surface area contributed by atoms with E-state index in [1.165, 1.54) is 45.0 Å². The van der Waals surface area contributed by atoms with Gasteiger partial charge in [-0.3, -0.25) is 53.3 Å². The molecule has 4 N–H and O–H groups in total. The Morgan fingerprint density at radius 2 is 1.64 bits per heavy atom. The number of rotatable bonds is 11. The number of phosphoric acid groups is 1. The number of pyridine rings is 3. The number of carbonyl (C=O) groups excluding carboxylic acids is 5. The highest BCUT2D eigenvalue weighted by atomic mass is 32.1. The molecule has 0 saturated carbocycles. The molecule has 11 rings (SSSR count). The fourth-order valence-electron chi connectivity index (χ4n) is 11.4. The number of aryl methyl sites for hydroxylation is 2. The van der Waals surface area contributed by atoms with E-state index >= 15 is 0 Å². The molecule has 1 unspecified atom stereocenters. The first-order chi connectivity index (χ1) is 36.3. The van der Waals surface area contributed by atoms with Crippen molar-refractivity contribution < 1.29 is 47.0 Å². The molecule has 6 aliphatic rings. The molecule has 3 fully saturated rings. The number of amides is 5. The van der Waals surface area contributed by atoms with Gasteiger partial charge in [-0.2, -0.15) is 0 Å². The van der Waals surface area contributed by atoms with E-state index in [4.69, 9.17) is 8.64 Å². The summed E-state index contributed by atoms with van der Waals surface area (Å²) in [6.45, 7) is 2.55. The van der Waals surface area contributed by atoms with Crippen LogP contribution in [0.4, 0.5) is 28.7 Å². The third kappa shape index (κ3) is 9.27. The zero-order valence-electron chi connectivity index (χ0n) is 42.9. The van der Waals surface area contributed by atoms with Gasteiger partial charge in [0.25, 0.3) is 23.3 Å². The van der Waals surface area contributed by atoms with E-state index in [-0.39, 0.29) is 76.5 Å². The quantitative estimate of drug-likeness (QED) is 0.101. The molecule has 22 heteroatoms. The van der Waals surface area contributed by atoms with Crippen LogP contribution in [0.3, 0.4) is 0 Å². The third-order valence-corrected chi connectivity index (χ3v) is 16.9.